The smallest absolute Gasteiger partial charge is 0.643 e. The summed E-state index contributed by atoms with van der Waals surface area (Å²) in [4.78, 5) is 24.2. The van der Waals surface area contributed by atoms with Crippen LogP contribution in [0.25, 0.3) is 5.32 Å². The van der Waals surface area contributed by atoms with Gasteiger partial charge in [-0.2, -0.15) is 0 Å². The van der Waals surface area contributed by atoms with Gasteiger partial charge in [0.05, 0.1) is 5.91 Å². The maximum absolute atomic E-state index is 11.7. The predicted octanol–water partition coefficient (Wildman–Crippen LogP) is 3.43. The molecule has 6 heteroatoms. The van der Waals surface area contributed by atoms with Gasteiger partial charge in [0.15, 0.2) is 0 Å². The SMILES string of the molecule is CCCCCCN(CCCCCC)CC(=O)[N-]CC(=O)O.[Cu+]. The normalized spacial score (nSPS) is 10.3. The Bertz CT molecular complexity index is 277. The maximum atomic E-state index is 11.7. The minimum Gasteiger partial charge on any atom is -0.643 e. The molecule has 0 saturated carbocycles. The van der Waals surface area contributed by atoms with Crippen LogP contribution in [-0.4, -0.2) is 48.1 Å². The summed E-state index contributed by atoms with van der Waals surface area (Å²) >= 11 is 0. The molecule has 0 unspecified atom stereocenters. The van der Waals surface area contributed by atoms with Gasteiger partial charge in [0.1, 0.15) is 0 Å². The molecule has 0 rings (SSSR count). The van der Waals surface area contributed by atoms with E-state index in [0.717, 1.165) is 25.9 Å². The molecule has 0 bridgehead atoms. The van der Waals surface area contributed by atoms with E-state index in [9.17, 15) is 9.59 Å². The number of aliphatic carboxylic acids is 1. The topological polar surface area (TPSA) is 71.7 Å². The van der Waals surface area contributed by atoms with Crippen molar-refractivity contribution >= 4 is 11.9 Å². The Hall–Kier alpha value is -0.581. The number of carboxylic acids is 1. The molecule has 0 fully saturated rings. The number of hydrogen-bond acceptors (Lipinski definition) is 3. The fourth-order valence-corrected chi connectivity index (χ4v) is 2.19. The van der Waals surface area contributed by atoms with Crippen LogP contribution < -0.4 is 0 Å². The molecule has 0 aliphatic rings. The van der Waals surface area contributed by atoms with E-state index in [1.807, 2.05) is 0 Å². The van der Waals surface area contributed by atoms with Crippen molar-refractivity contribution in [3.8, 4) is 0 Å². The molecular formula is C16H31CuN2O3. The predicted molar refractivity (Wildman–Crippen MR) is 85.6 cm³/mol. The van der Waals surface area contributed by atoms with Crippen LogP contribution in [0.1, 0.15) is 65.2 Å². The van der Waals surface area contributed by atoms with Gasteiger partial charge in [-0.15, -0.1) is 0 Å². The van der Waals surface area contributed by atoms with E-state index in [-0.39, 0.29) is 29.5 Å². The van der Waals surface area contributed by atoms with Crippen LogP contribution in [0.15, 0.2) is 0 Å². The zero-order valence-corrected chi connectivity index (χ0v) is 14.9. The van der Waals surface area contributed by atoms with Crippen LogP contribution in [0.5, 0.6) is 0 Å². The molecule has 0 spiro atoms. The second-order valence-corrected chi connectivity index (χ2v) is 5.50. The zero-order valence-electron chi connectivity index (χ0n) is 13.9. The molecule has 134 valence electrons. The Morgan fingerprint density at radius 2 is 1.41 bits per heavy atom. The summed E-state index contributed by atoms with van der Waals surface area (Å²) in [6.45, 7) is 6.00. The van der Waals surface area contributed by atoms with E-state index in [0.29, 0.717) is 0 Å². The number of nitrogens with zero attached hydrogens (tertiary/aromatic N) is 2. The Kier molecular flexibility index (Phi) is 18.1. The number of carboxylic acid groups (broad SMARTS) is 1. The van der Waals surface area contributed by atoms with Gasteiger partial charge < -0.3 is 15.2 Å². The number of carbonyl (C=O) groups is 2. The minimum absolute atomic E-state index is 0. The molecule has 0 aliphatic heterocycles. The molecule has 1 amide bonds. The van der Waals surface area contributed by atoms with Gasteiger partial charge in [-0.3, -0.25) is 9.69 Å². The van der Waals surface area contributed by atoms with Gasteiger partial charge in [0.2, 0.25) is 0 Å². The fourth-order valence-electron chi connectivity index (χ4n) is 2.19. The van der Waals surface area contributed by atoms with Gasteiger partial charge in [-0.05, 0) is 32.5 Å². The van der Waals surface area contributed by atoms with E-state index < -0.39 is 12.5 Å². The standard InChI is InChI=1S/C16H32N2O3.Cu/c1-3-5-7-9-11-18(12-10-8-6-4-2)14-15(19)17-13-16(20)21;/h3-14H2,1-2H3,(H2,17,19,20,21);/q;+1/p-1. The first-order valence-corrected chi connectivity index (χ1v) is 8.24. The Morgan fingerprint density at radius 3 is 1.82 bits per heavy atom. The largest absolute Gasteiger partial charge is 1.00 e. The van der Waals surface area contributed by atoms with Gasteiger partial charge in [-0.1, -0.05) is 52.4 Å². The third-order valence-electron chi connectivity index (χ3n) is 3.41. The molecule has 0 aliphatic carbocycles. The quantitative estimate of drug-likeness (QED) is 0.379. The number of unbranched alkanes of at least 4 members (excludes halogenated alkanes) is 6. The van der Waals surface area contributed by atoms with E-state index >= 15 is 0 Å². The number of amides is 1. The molecule has 22 heavy (non-hydrogen) atoms. The molecule has 1 N–H and O–H groups in total. The van der Waals surface area contributed by atoms with Crippen LogP contribution in [0.4, 0.5) is 0 Å². The van der Waals surface area contributed by atoms with Gasteiger partial charge in [-0.25, -0.2) is 0 Å². The molecule has 0 atom stereocenters. The Labute approximate surface area is 145 Å². The molecule has 0 aromatic heterocycles. The van der Waals surface area contributed by atoms with Gasteiger partial charge >= 0.3 is 17.1 Å². The van der Waals surface area contributed by atoms with Crippen molar-refractivity contribution in [2.24, 2.45) is 0 Å². The molecule has 0 aromatic rings. The fraction of sp³-hybridized carbons (Fsp3) is 0.875. The van der Waals surface area contributed by atoms with Crippen LogP contribution in [-0.2, 0) is 26.7 Å². The van der Waals surface area contributed by atoms with Crippen molar-refractivity contribution < 1.29 is 31.8 Å². The summed E-state index contributed by atoms with van der Waals surface area (Å²) < 4.78 is 0. The summed E-state index contributed by atoms with van der Waals surface area (Å²) in [5, 5.41) is 12.1. The summed E-state index contributed by atoms with van der Waals surface area (Å²) in [7, 11) is 0. The first-order chi connectivity index (χ1) is 10.1. The van der Waals surface area contributed by atoms with Crippen LogP contribution in [0.2, 0.25) is 0 Å². The third-order valence-corrected chi connectivity index (χ3v) is 3.41. The van der Waals surface area contributed by atoms with E-state index in [4.69, 9.17) is 5.11 Å². The maximum Gasteiger partial charge on any atom is 1.00 e. The summed E-state index contributed by atoms with van der Waals surface area (Å²) in [5.41, 5.74) is 0. The van der Waals surface area contributed by atoms with Gasteiger partial charge in [0.25, 0.3) is 5.97 Å². The second kappa shape index (κ2) is 16.8. The first-order valence-electron chi connectivity index (χ1n) is 8.24. The number of hydrogen-bond donors (Lipinski definition) is 1. The molecule has 0 saturated heterocycles. The minimum atomic E-state index is -1.05. The molecule has 5 nitrogen and oxygen atoms in total. The van der Waals surface area contributed by atoms with Crippen molar-refractivity contribution in [3.63, 3.8) is 0 Å². The molecule has 0 aromatic carbocycles. The van der Waals surface area contributed by atoms with E-state index in [1.165, 1.54) is 38.5 Å². The van der Waals surface area contributed by atoms with Crippen molar-refractivity contribution in [1.82, 2.24) is 4.90 Å². The second-order valence-electron chi connectivity index (χ2n) is 5.50. The Balaban J connectivity index is 0. The average Bonchev–Trinajstić information content (AvgIpc) is 2.45. The monoisotopic (exact) mass is 362 g/mol. The summed E-state index contributed by atoms with van der Waals surface area (Å²) in [5.74, 6) is -1.37. The van der Waals surface area contributed by atoms with Crippen molar-refractivity contribution in [1.29, 1.82) is 0 Å². The van der Waals surface area contributed by atoms with E-state index in [1.54, 1.807) is 0 Å². The Morgan fingerprint density at radius 1 is 0.909 bits per heavy atom. The summed E-state index contributed by atoms with van der Waals surface area (Å²) in [6, 6.07) is 0. The first kappa shape index (κ1) is 23.7. The van der Waals surface area contributed by atoms with Crippen molar-refractivity contribution in [2.45, 2.75) is 65.2 Å². The van der Waals surface area contributed by atoms with Gasteiger partial charge in [0, 0.05) is 6.54 Å². The number of carbonyl (C=O) groups excluding carboxylic acids is 1. The third kappa shape index (κ3) is 15.8. The van der Waals surface area contributed by atoms with Crippen LogP contribution in [0, 0.1) is 0 Å². The summed E-state index contributed by atoms with van der Waals surface area (Å²) in [6.07, 6.45) is 9.39. The van der Waals surface area contributed by atoms with Crippen molar-refractivity contribution in [3.05, 3.63) is 5.32 Å². The van der Waals surface area contributed by atoms with Crippen LogP contribution in [0.3, 0.4) is 0 Å². The average molecular weight is 363 g/mol. The van der Waals surface area contributed by atoms with Crippen molar-refractivity contribution in [2.75, 3.05) is 26.2 Å². The molecule has 0 heterocycles. The molecular weight excluding hydrogens is 332 g/mol. The zero-order chi connectivity index (χ0) is 15.9. The molecule has 0 radical (unpaired) electrons. The van der Waals surface area contributed by atoms with Crippen LogP contribution >= 0.6 is 0 Å². The number of rotatable bonds is 14. The van der Waals surface area contributed by atoms with E-state index in [2.05, 4.69) is 24.1 Å².